The second-order valence-corrected chi connectivity index (χ2v) is 5.44. The van der Waals surface area contributed by atoms with Crippen molar-refractivity contribution < 1.29 is 9.72 Å². The van der Waals surface area contributed by atoms with Gasteiger partial charge in [0.2, 0.25) is 5.91 Å². The van der Waals surface area contributed by atoms with E-state index in [1.165, 1.54) is 17.7 Å². The molecule has 1 aliphatic rings. The highest BCUT2D eigenvalue weighted by Gasteiger charge is 2.21. The van der Waals surface area contributed by atoms with Crippen LogP contribution in [0.1, 0.15) is 12.0 Å². The van der Waals surface area contributed by atoms with Gasteiger partial charge in [-0.3, -0.25) is 14.9 Å². The maximum absolute atomic E-state index is 12.5. The lowest BCUT2D eigenvalue weighted by Crippen LogP contribution is -2.39. The Morgan fingerprint density at radius 1 is 1.17 bits per heavy atom. The van der Waals surface area contributed by atoms with Gasteiger partial charge in [0.25, 0.3) is 5.69 Å². The van der Waals surface area contributed by atoms with E-state index < -0.39 is 4.92 Å². The Morgan fingerprint density at radius 2 is 1.91 bits per heavy atom. The minimum atomic E-state index is -0.445. The quantitative estimate of drug-likeness (QED) is 0.695. The summed E-state index contributed by atoms with van der Waals surface area (Å²) in [6.45, 7) is 0.879. The molecule has 3 rings (SSSR count). The van der Waals surface area contributed by atoms with Gasteiger partial charge >= 0.3 is 0 Å². The van der Waals surface area contributed by atoms with E-state index in [0.717, 1.165) is 25.1 Å². The summed E-state index contributed by atoms with van der Waals surface area (Å²) >= 11 is 0. The Balaban J connectivity index is 1.65. The van der Waals surface area contributed by atoms with Gasteiger partial charge in [0.15, 0.2) is 0 Å². The molecule has 0 radical (unpaired) electrons. The lowest BCUT2D eigenvalue weighted by atomic mass is 10.0. The molecule has 0 saturated carbocycles. The molecule has 1 N–H and O–H groups in total. The third-order valence-electron chi connectivity index (χ3n) is 3.93. The molecule has 2 aromatic rings. The molecule has 1 heterocycles. The molecule has 0 atom stereocenters. The van der Waals surface area contributed by atoms with Crippen LogP contribution in [0.2, 0.25) is 0 Å². The lowest BCUT2D eigenvalue weighted by Gasteiger charge is -2.29. The summed E-state index contributed by atoms with van der Waals surface area (Å²) in [6.07, 6.45) is 1.95. The van der Waals surface area contributed by atoms with E-state index in [1.54, 1.807) is 17.0 Å². The summed E-state index contributed by atoms with van der Waals surface area (Å²) < 4.78 is 0. The number of hydrogen-bond acceptors (Lipinski definition) is 4. The minimum Gasteiger partial charge on any atom is -0.376 e. The van der Waals surface area contributed by atoms with Crippen LogP contribution in [0.3, 0.4) is 0 Å². The second-order valence-electron chi connectivity index (χ2n) is 5.44. The normalized spacial score (nSPS) is 13.3. The smallest absolute Gasteiger partial charge is 0.269 e. The minimum absolute atomic E-state index is 0.00416. The summed E-state index contributed by atoms with van der Waals surface area (Å²) in [6, 6.07) is 14.0. The van der Waals surface area contributed by atoms with E-state index >= 15 is 0 Å². The van der Waals surface area contributed by atoms with Crippen LogP contribution in [0.5, 0.6) is 0 Å². The molecular weight excluding hydrogens is 294 g/mol. The van der Waals surface area contributed by atoms with Crippen molar-refractivity contribution in [2.45, 2.75) is 12.8 Å². The van der Waals surface area contributed by atoms with Crippen LogP contribution in [0.15, 0.2) is 48.5 Å². The molecule has 0 spiro atoms. The molecule has 6 nitrogen and oxygen atoms in total. The summed E-state index contributed by atoms with van der Waals surface area (Å²) in [7, 11) is 0. The van der Waals surface area contributed by atoms with Crippen molar-refractivity contribution in [3.05, 3.63) is 64.2 Å². The number of nitro groups is 1. The van der Waals surface area contributed by atoms with Crippen molar-refractivity contribution in [1.82, 2.24) is 0 Å². The van der Waals surface area contributed by atoms with Crippen LogP contribution in [0.4, 0.5) is 17.1 Å². The Hall–Kier alpha value is -2.89. The highest BCUT2D eigenvalue weighted by atomic mass is 16.6. The number of benzene rings is 2. The number of rotatable bonds is 4. The fraction of sp³-hybridized carbons (Fsp3) is 0.235. The van der Waals surface area contributed by atoms with Gasteiger partial charge in [0.05, 0.1) is 11.5 Å². The van der Waals surface area contributed by atoms with E-state index in [1.807, 2.05) is 18.2 Å². The zero-order valence-corrected chi connectivity index (χ0v) is 12.6. The number of hydrogen-bond donors (Lipinski definition) is 1. The first kappa shape index (κ1) is 15.0. The van der Waals surface area contributed by atoms with Gasteiger partial charge in [-0.15, -0.1) is 0 Å². The van der Waals surface area contributed by atoms with Crippen molar-refractivity contribution >= 4 is 23.0 Å². The zero-order chi connectivity index (χ0) is 16.2. The fourth-order valence-electron chi connectivity index (χ4n) is 2.77. The van der Waals surface area contributed by atoms with Crippen LogP contribution >= 0.6 is 0 Å². The van der Waals surface area contributed by atoms with Gasteiger partial charge in [0.1, 0.15) is 0 Å². The van der Waals surface area contributed by atoms with Crippen molar-refractivity contribution in [3.8, 4) is 0 Å². The van der Waals surface area contributed by atoms with Crippen LogP contribution in [0, 0.1) is 10.1 Å². The van der Waals surface area contributed by atoms with Crippen LogP contribution in [-0.4, -0.2) is 23.9 Å². The third-order valence-corrected chi connectivity index (χ3v) is 3.93. The monoisotopic (exact) mass is 311 g/mol. The fourth-order valence-corrected chi connectivity index (χ4v) is 2.77. The molecule has 1 amide bonds. The first-order valence-electron chi connectivity index (χ1n) is 7.52. The molecule has 0 fully saturated rings. The number of carbonyl (C=O) groups excluding carboxylic acids is 1. The lowest BCUT2D eigenvalue weighted by molar-refractivity contribution is -0.384. The third kappa shape index (κ3) is 3.31. The number of non-ortho nitro benzene ring substituents is 1. The first-order valence-corrected chi connectivity index (χ1v) is 7.52. The molecule has 2 aromatic carbocycles. The van der Waals surface area contributed by atoms with Crippen molar-refractivity contribution in [2.24, 2.45) is 0 Å². The van der Waals surface area contributed by atoms with Gasteiger partial charge in [-0.1, -0.05) is 18.2 Å². The predicted octanol–water partition coefficient (Wildman–Crippen LogP) is 2.99. The van der Waals surface area contributed by atoms with Gasteiger partial charge in [-0.2, -0.15) is 0 Å². The second kappa shape index (κ2) is 6.48. The largest absolute Gasteiger partial charge is 0.376 e. The van der Waals surface area contributed by atoms with Gasteiger partial charge in [0, 0.05) is 30.1 Å². The number of amides is 1. The van der Waals surface area contributed by atoms with Crippen LogP contribution in [-0.2, 0) is 11.2 Å². The highest BCUT2D eigenvalue weighted by Crippen LogP contribution is 2.26. The van der Waals surface area contributed by atoms with Crippen molar-refractivity contribution in [1.29, 1.82) is 0 Å². The molecule has 1 aliphatic heterocycles. The highest BCUT2D eigenvalue weighted by molar-refractivity contribution is 5.97. The number of nitrogens with one attached hydrogen (secondary N) is 1. The van der Waals surface area contributed by atoms with E-state index in [2.05, 4.69) is 11.4 Å². The number of carbonyl (C=O) groups is 1. The van der Waals surface area contributed by atoms with Gasteiger partial charge < -0.3 is 10.2 Å². The molecule has 0 bridgehead atoms. The van der Waals surface area contributed by atoms with E-state index in [-0.39, 0.29) is 18.1 Å². The maximum atomic E-state index is 12.5. The summed E-state index contributed by atoms with van der Waals surface area (Å²) in [5.41, 5.74) is 2.90. The Labute approximate surface area is 133 Å². The molecule has 0 aliphatic carbocycles. The van der Waals surface area contributed by atoms with Crippen LogP contribution in [0.25, 0.3) is 0 Å². The Morgan fingerprint density at radius 3 is 2.65 bits per heavy atom. The number of nitrogens with zero attached hydrogens (tertiary/aromatic N) is 2. The molecule has 0 unspecified atom stereocenters. The first-order chi connectivity index (χ1) is 11.1. The van der Waals surface area contributed by atoms with Crippen LogP contribution < -0.4 is 10.2 Å². The topological polar surface area (TPSA) is 75.5 Å². The standard InChI is InChI=1S/C17H17N3O3/c21-17(12-18-14-7-9-15(10-8-14)20(22)23)19-11-3-5-13-4-1-2-6-16(13)19/h1-2,4,6-10,18H,3,5,11-12H2. The molecule has 0 aromatic heterocycles. The summed E-state index contributed by atoms with van der Waals surface area (Å²) in [5, 5.41) is 13.7. The molecular formula is C17H17N3O3. The number of para-hydroxylation sites is 1. The van der Waals surface area contributed by atoms with E-state index in [0.29, 0.717) is 5.69 Å². The summed E-state index contributed by atoms with van der Waals surface area (Å²) in [4.78, 5) is 24.4. The van der Waals surface area contributed by atoms with Crippen molar-refractivity contribution in [3.63, 3.8) is 0 Å². The Kier molecular flexibility index (Phi) is 4.23. The average Bonchev–Trinajstić information content (AvgIpc) is 2.59. The Bertz CT molecular complexity index is 728. The molecule has 6 heteroatoms. The number of aryl methyl sites for hydroxylation is 1. The number of nitro benzene ring substituents is 1. The SMILES string of the molecule is O=C(CNc1ccc([N+](=O)[O-])cc1)N1CCCc2ccccc21. The van der Waals surface area contributed by atoms with E-state index in [4.69, 9.17) is 0 Å². The number of fused-ring (bicyclic) bond motifs is 1. The number of anilines is 2. The maximum Gasteiger partial charge on any atom is 0.269 e. The van der Waals surface area contributed by atoms with E-state index in [9.17, 15) is 14.9 Å². The van der Waals surface area contributed by atoms with Gasteiger partial charge in [-0.25, -0.2) is 0 Å². The van der Waals surface area contributed by atoms with Crippen molar-refractivity contribution in [2.75, 3.05) is 23.3 Å². The molecule has 0 saturated heterocycles. The predicted molar refractivity (Wildman–Crippen MR) is 88.7 cm³/mol. The molecule has 23 heavy (non-hydrogen) atoms. The average molecular weight is 311 g/mol. The molecule has 118 valence electrons. The van der Waals surface area contributed by atoms with Gasteiger partial charge in [-0.05, 0) is 36.6 Å². The summed E-state index contributed by atoms with van der Waals surface area (Å²) in [5.74, 6) is -0.00416. The zero-order valence-electron chi connectivity index (χ0n) is 12.6.